The fourth-order valence-corrected chi connectivity index (χ4v) is 5.76. The number of nitrogens with one attached hydrogen (secondary N) is 1. The van der Waals surface area contributed by atoms with E-state index in [0.29, 0.717) is 31.0 Å². The van der Waals surface area contributed by atoms with E-state index in [4.69, 9.17) is 4.74 Å². The Balaban J connectivity index is 1.38. The summed E-state index contributed by atoms with van der Waals surface area (Å²) >= 11 is 0. The van der Waals surface area contributed by atoms with E-state index in [0.717, 1.165) is 30.5 Å². The Morgan fingerprint density at radius 1 is 0.900 bits per heavy atom. The van der Waals surface area contributed by atoms with Crippen LogP contribution in [0.3, 0.4) is 0 Å². The number of nitrogens with zero attached hydrogens (tertiary/aromatic N) is 1. The van der Waals surface area contributed by atoms with E-state index in [1.807, 2.05) is 54.6 Å². The SMILES string of the molecule is Cc1cc2c(cc1C)CC(C)(N(Cc1ccccc1)C[C@H](O)c1ccc(OCc3ccccc3)c(NC=O)c1)C2. The van der Waals surface area contributed by atoms with E-state index in [1.54, 1.807) is 0 Å². The average Bonchev–Trinajstić information content (AvgIpc) is 3.29. The number of aryl methyl sites for hydroxylation is 2. The summed E-state index contributed by atoms with van der Waals surface area (Å²) in [5.41, 5.74) is 8.84. The maximum absolute atomic E-state index is 11.5. The highest BCUT2D eigenvalue weighted by Gasteiger charge is 2.39. The van der Waals surface area contributed by atoms with Crippen molar-refractivity contribution >= 4 is 12.1 Å². The molecule has 1 atom stereocenters. The average molecular weight is 535 g/mol. The molecule has 0 saturated heterocycles. The fraction of sp³-hybridized carbons (Fsp3) is 0.286. The number of fused-ring (bicyclic) bond motifs is 1. The number of carbonyl (C=O) groups excluding carboxylic acids is 1. The van der Waals surface area contributed by atoms with Crippen molar-refractivity contribution in [3.63, 3.8) is 0 Å². The lowest BCUT2D eigenvalue weighted by Crippen LogP contribution is -2.48. The molecule has 5 nitrogen and oxygen atoms in total. The third kappa shape index (κ3) is 6.27. The van der Waals surface area contributed by atoms with Crippen LogP contribution in [0, 0.1) is 13.8 Å². The van der Waals surface area contributed by atoms with Crippen molar-refractivity contribution in [3.8, 4) is 5.75 Å². The molecule has 0 saturated carbocycles. The first-order chi connectivity index (χ1) is 19.3. The zero-order valence-corrected chi connectivity index (χ0v) is 23.6. The molecule has 5 heteroatoms. The minimum Gasteiger partial charge on any atom is -0.487 e. The number of amides is 1. The van der Waals surface area contributed by atoms with Gasteiger partial charge in [-0.3, -0.25) is 9.69 Å². The van der Waals surface area contributed by atoms with Crippen LogP contribution < -0.4 is 10.1 Å². The molecule has 0 aliphatic heterocycles. The predicted molar refractivity (Wildman–Crippen MR) is 160 cm³/mol. The van der Waals surface area contributed by atoms with Gasteiger partial charge in [0.15, 0.2) is 0 Å². The molecule has 0 aromatic heterocycles. The highest BCUT2D eigenvalue weighted by Crippen LogP contribution is 2.38. The molecule has 0 radical (unpaired) electrons. The van der Waals surface area contributed by atoms with Crippen LogP contribution in [-0.4, -0.2) is 28.5 Å². The van der Waals surface area contributed by atoms with Crippen molar-refractivity contribution in [3.05, 3.63) is 130 Å². The highest BCUT2D eigenvalue weighted by atomic mass is 16.5. The summed E-state index contributed by atoms with van der Waals surface area (Å²) < 4.78 is 6.01. The monoisotopic (exact) mass is 534 g/mol. The molecule has 4 aromatic carbocycles. The fourth-order valence-electron chi connectivity index (χ4n) is 5.76. The summed E-state index contributed by atoms with van der Waals surface area (Å²) in [6.07, 6.45) is 1.77. The van der Waals surface area contributed by atoms with Crippen LogP contribution in [0.2, 0.25) is 0 Å². The first-order valence-electron chi connectivity index (χ1n) is 13.9. The normalized spacial score (nSPS) is 14.5. The van der Waals surface area contributed by atoms with Gasteiger partial charge in [0.25, 0.3) is 0 Å². The molecule has 1 aliphatic carbocycles. The van der Waals surface area contributed by atoms with Crippen molar-refractivity contribution < 1.29 is 14.6 Å². The molecule has 1 amide bonds. The van der Waals surface area contributed by atoms with E-state index in [2.05, 4.69) is 67.4 Å². The summed E-state index contributed by atoms with van der Waals surface area (Å²) in [7, 11) is 0. The number of rotatable bonds is 11. The van der Waals surface area contributed by atoms with E-state index in [9.17, 15) is 9.90 Å². The number of anilines is 1. The van der Waals surface area contributed by atoms with Gasteiger partial charge in [0, 0.05) is 18.6 Å². The maximum atomic E-state index is 11.5. The lowest BCUT2D eigenvalue weighted by Gasteiger charge is -2.40. The van der Waals surface area contributed by atoms with Crippen LogP contribution in [0.1, 0.15) is 52.0 Å². The first-order valence-corrected chi connectivity index (χ1v) is 13.9. The lowest BCUT2D eigenvalue weighted by molar-refractivity contribution is -0.105. The molecule has 0 fully saturated rings. The van der Waals surface area contributed by atoms with E-state index in [-0.39, 0.29) is 5.54 Å². The summed E-state index contributed by atoms with van der Waals surface area (Å²) in [5, 5.41) is 14.3. The number of hydrogen-bond acceptors (Lipinski definition) is 4. The zero-order chi connectivity index (χ0) is 28.1. The Morgan fingerprint density at radius 2 is 1.50 bits per heavy atom. The smallest absolute Gasteiger partial charge is 0.211 e. The summed E-state index contributed by atoms with van der Waals surface area (Å²) in [5.74, 6) is 0.567. The Kier molecular flexibility index (Phi) is 8.34. The second kappa shape index (κ2) is 12.1. The Bertz CT molecular complexity index is 1420. The van der Waals surface area contributed by atoms with Crippen molar-refractivity contribution in [2.45, 2.75) is 58.4 Å². The Labute approximate surface area is 237 Å². The minimum absolute atomic E-state index is 0.137. The molecule has 0 spiro atoms. The summed E-state index contributed by atoms with van der Waals surface area (Å²) in [6.45, 7) is 8.25. The molecule has 5 rings (SSSR count). The molecule has 1 aliphatic rings. The van der Waals surface area contributed by atoms with Crippen LogP contribution in [0.25, 0.3) is 0 Å². The third-order valence-electron chi connectivity index (χ3n) is 8.17. The highest BCUT2D eigenvalue weighted by molar-refractivity contribution is 5.76. The van der Waals surface area contributed by atoms with Gasteiger partial charge in [-0.15, -0.1) is 0 Å². The topological polar surface area (TPSA) is 61.8 Å². The van der Waals surface area contributed by atoms with Crippen LogP contribution in [0.5, 0.6) is 5.75 Å². The van der Waals surface area contributed by atoms with Gasteiger partial charge in [0.2, 0.25) is 6.41 Å². The van der Waals surface area contributed by atoms with Crippen LogP contribution in [0.4, 0.5) is 5.69 Å². The Morgan fingerprint density at radius 3 is 2.10 bits per heavy atom. The molecule has 4 aromatic rings. The molecule has 40 heavy (non-hydrogen) atoms. The molecular weight excluding hydrogens is 496 g/mol. The summed E-state index contributed by atoms with van der Waals surface area (Å²) in [6, 6.07) is 30.5. The molecule has 206 valence electrons. The number of benzene rings is 4. The molecule has 0 heterocycles. The number of ether oxygens (including phenoxy) is 1. The number of aliphatic hydroxyl groups is 1. The zero-order valence-electron chi connectivity index (χ0n) is 23.6. The summed E-state index contributed by atoms with van der Waals surface area (Å²) in [4.78, 5) is 13.8. The van der Waals surface area contributed by atoms with Crippen LogP contribution >= 0.6 is 0 Å². The van der Waals surface area contributed by atoms with Crippen LogP contribution in [0.15, 0.2) is 91.0 Å². The number of carbonyl (C=O) groups is 1. The molecule has 0 bridgehead atoms. The van der Waals surface area contributed by atoms with Gasteiger partial charge in [-0.25, -0.2) is 0 Å². The predicted octanol–water partition coefficient (Wildman–Crippen LogP) is 6.54. The van der Waals surface area contributed by atoms with Gasteiger partial charge in [-0.05, 0) is 84.7 Å². The molecule has 0 unspecified atom stereocenters. The van der Waals surface area contributed by atoms with Gasteiger partial charge < -0.3 is 15.2 Å². The second-order valence-corrected chi connectivity index (χ2v) is 11.2. The minimum atomic E-state index is -0.747. The van der Waals surface area contributed by atoms with Crippen molar-refractivity contribution in [2.75, 3.05) is 11.9 Å². The lowest BCUT2D eigenvalue weighted by atomic mass is 9.93. The number of aliphatic hydroxyl groups excluding tert-OH is 1. The quantitative estimate of drug-likeness (QED) is 0.214. The Hall–Kier alpha value is -3.93. The van der Waals surface area contributed by atoms with Gasteiger partial charge in [-0.1, -0.05) is 78.9 Å². The number of β-amino-alcohol motifs (C(OH)–C–C–N with tert-alkyl or cyclic N) is 1. The standard InChI is InChI=1S/C35H38N2O3/c1-25-16-30-19-35(3,20-31(30)17-26(25)2)37(21-27-10-6-4-7-11-27)22-33(39)29-14-15-34(32(18-29)36-24-38)40-23-28-12-8-5-9-13-28/h4-18,24,33,39H,19-23H2,1-3H3,(H,36,38)/t33-/m0/s1. The van der Waals surface area contributed by atoms with Gasteiger partial charge in [0.1, 0.15) is 12.4 Å². The largest absolute Gasteiger partial charge is 0.487 e. The van der Waals surface area contributed by atoms with E-state index >= 15 is 0 Å². The van der Waals surface area contributed by atoms with Crippen molar-refractivity contribution in [1.29, 1.82) is 0 Å². The molecule has 2 N–H and O–H groups in total. The second-order valence-electron chi connectivity index (χ2n) is 11.2. The third-order valence-corrected chi connectivity index (χ3v) is 8.17. The van der Waals surface area contributed by atoms with E-state index in [1.165, 1.54) is 27.8 Å². The van der Waals surface area contributed by atoms with Crippen LogP contribution in [-0.2, 0) is 30.8 Å². The van der Waals surface area contributed by atoms with Crippen molar-refractivity contribution in [2.24, 2.45) is 0 Å². The van der Waals surface area contributed by atoms with Gasteiger partial charge in [-0.2, -0.15) is 0 Å². The maximum Gasteiger partial charge on any atom is 0.211 e. The van der Waals surface area contributed by atoms with Crippen molar-refractivity contribution in [1.82, 2.24) is 4.90 Å². The first kappa shape index (κ1) is 27.6. The van der Waals surface area contributed by atoms with E-state index < -0.39 is 6.10 Å². The van der Waals surface area contributed by atoms with Gasteiger partial charge in [0.05, 0.1) is 11.8 Å². The van der Waals surface area contributed by atoms with Gasteiger partial charge >= 0.3 is 0 Å². The number of hydrogen-bond donors (Lipinski definition) is 2. The molecular formula is C35H38N2O3.